The highest BCUT2D eigenvalue weighted by molar-refractivity contribution is 7.04. The van der Waals surface area contributed by atoms with Gasteiger partial charge in [0.25, 0.3) is 5.56 Å². The van der Waals surface area contributed by atoms with Gasteiger partial charge in [-0.3, -0.25) is 18.7 Å². The van der Waals surface area contributed by atoms with Crippen LogP contribution in [0.3, 0.4) is 0 Å². The Kier molecular flexibility index (Phi) is 5.53. The highest BCUT2D eigenvalue weighted by Gasteiger charge is 2.16. The van der Waals surface area contributed by atoms with Gasteiger partial charge >= 0.3 is 5.69 Å². The molecule has 2 aromatic heterocycles. The van der Waals surface area contributed by atoms with Gasteiger partial charge in [-0.15, -0.1) is 0 Å². The third-order valence-corrected chi connectivity index (χ3v) is 4.92. The van der Waals surface area contributed by atoms with E-state index in [-0.39, 0.29) is 31.1 Å². The van der Waals surface area contributed by atoms with Crippen molar-refractivity contribution < 1.29 is 4.79 Å². The fourth-order valence-corrected chi connectivity index (χ4v) is 3.51. The van der Waals surface area contributed by atoms with Gasteiger partial charge in [-0.1, -0.05) is 36.7 Å². The van der Waals surface area contributed by atoms with E-state index >= 15 is 0 Å². The minimum absolute atomic E-state index is 0.192. The van der Waals surface area contributed by atoms with Crippen molar-refractivity contribution in [1.82, 2.24) is 18.8 Å². The molecule has 0 atom stereocenters. The van der Waals surface area contributed by atoms with E-state index in [1.54, 1.807) is 11.4 Å². The number of aromatic nitrogens is 3. The van der Waals surface area contributed by atoms with Crippen LogP contribution in [0.1, 0.15) is 18.9 Å². The number of hydrogen-bond donors (Lipinski definition) is 1. The molecule has 1 N–H and O–H groups in total. The summed E-state index contributed by atoms with van der Waals surface area (Å²) >= 11 is 7.16. The Morgan fingerprint density at radius 2 is 2.04 bits per heavy atom. The molecule has 0 aliphatic rings. The van der Waals surface area contributed by atoms with Gasteiger partial charge in [-0.2, -0.15) is 4.37 Å². The summed E-state index contributed by atoms with van der Waals surface area (Å²) in [5.41, 5.74) is 0.457. The van der Waals surface area contributed by atoms with Gasteiger partial charge in [0, 0.05) is 23.5 Å². The molecule has 7 nitrogen and oxygen atoms in total. The summed E-state index contributed by atoms with van der Waals surface area (Å²) in [6.07, 6.45) is 0.628. The van der Waals surface area contributed by atoms with Crippen LogP contribution in [0, 0.1) is 0 Å². The normalized spacial score (nSPS) is 11.0. The number of benzene rings is 1. The lowest BCUT2D eigenvalue weighted by atomic mass is 10.2. The van der Waals surface area contributed by atoms with E-state index in [9.17, 15) is 14.4 Å². The molecule has 1 amide bonds. The maximum absolute atomic E-state index is 12.7. The summed E-state index contributed by atoms with van der Waals surface area (Å²) in [4.78, 5) is 37.4. The summed E-state index contributed by atoms with van der Waals surface area (Å²) in [6, 6.07) is 7.20. The van der Waals surface area contributed by atoms with Gasteiger partial charge in [0.2, 0.25) is 5.91 Å². The summed E-state index contributed by atoms with van der Waals surface area (Å²) in [5, 5.41) is 4.92. The molecule has 0 bridgehead atoms. The molecule has 0 radical (unpaired) electrons. The van der Waals surface area contributed by atoms with Crippen molar-refractivity contribution in [3.05, 3.63) is 61.1 Å². The minimum Gasteiger partial charge on any atom is -0.350 e. The van der Waals surface area contributed by atoms with E-state index in [4.69, 9.17) is 11.6 Å². The Hall–Kier alpha value is -2.45. The molecule has 1 aromatic carbocycles. The fourth-order valence-electron chi connectivity index (χ4n) is 2.64. The van der Waals surface area contributed by atoms with E-state index in [1.807, 2.05) is 25.1 Å². The van der Waals surface area contributed by atoms with Crippen LogP contribution in [0.5, 0.6) is 0 Å². The first-order chi connectivity index (χ1) is 12.5. The predicted octanol–water partition coefficient (Wildman–Crippen LogP) is 2.00. The lowest BCUT2D eigenvalue weighted by molar-refractivity contribution is -0.121. The van der Waals surface area contributed by atoms with Crippen LogP contribution in [0.4, 0.5) is 0 Å². The SMILES string of the molecule is CCCn1c(=O)c2nscc2n(CC(=O)NCc2ccccc2Cl)c1=O. The van der Waals surface area contributed by atoms with Gasteiger partial charge < -0.3 is 5.32 Å². The maximum atomic E-state index is 12.7. The summed E-state index contributed by atoms with van der Waals surface area (Å²) < 4.78 is 6.49. The van der Waals surface area contributed by atoms with E-state index in [0.717, 1.165) is 21.7 Å². The molecule has 0 unspecified atom stereocenters. The molecule has 3 rings (SSSR count). The molecular formula is C17H17ClN4O3S. The van der Waals surface area contributed by atoms with E-state index < -0.39 is 11.2 Å². The van der Waals surface area contributed by atoms with Crippen LogP contribution in [-0.2, 0) is 24.4 Å². The molecule has 0 saturated carbocycles. The largest absolute Gasteiger partial charge is 0.350 e. The number of amides is 1. The number of hydrogen-bond acceptors (Lipinski definition) is 5. The van der Waals surface area contributed by atoms with Crippen molar-refractivity contribution in [2.45, 2.75) is 33.0 Å². The lowest BCUT2D eigenvalue weighted by Gasteiger charge is -2.12. The molecule has 0 spiro atoms. The molecule has 0 saturated heterocycles. The number of rotatable bonds is 6. The molecule has 0 aliphatic heterocycles. The highest BCUT2D eigenvalue weighted by Crippen LogP contribution is 2.14. The lowest BCUT2D eigenvalue weighted by Crippen LogP contribution is -2.42. The number of carbonyl (C=O) groups is 1. The Labute approximate surface area is 158 Å². The van der Waals surface area contributed by atoms with E-state index in [1.165, 1.54) is 4.57 Å². The van der Waals surface area contributed by atoms with E-state index in [2.05, 4.69) is 9.69 Å². The Morgan fingerprint density at radius 1 is 1.27 bits per heavy atom. The molecule has 26 heavy (non-hydrogen) atoms. The van der Waals surface area contributed by atoms with Gasteiger partial charge in [0.15, 0.2) is 5.52 Å². The van der Waals surface area contributed by atoms with Crippen molar-refractivity contribution in [3.8, 4) is 0 Å². The van der Waals surface area contributed by atoms with Gasteiger partial charge in [-0.05, 0) is 29.6 Å². The second kappa shape index (κ2) is 7.84. The molecular weight excluding hydrogens is 376 g/mol. The van der Waals surface area contributed by atoms with Crippen molar-refractivity contribution in [2.24, 2.45) is 0 Å². The first-order valence-electron chi connectivity index (χ1n) is 8.10. The van der Waals surface area contributed by atoms with Gasteiger partial charge in [0.05, 0.1) is 5.52 Å². The second-order valence-electron chi connectivity index (χ2n) is 5.74. The standard InChI is InChI=1S/C17H17ClN4O3S/c1-2-7-21-16(24)15-13(10-26-20-15)22(17(21)25)9-14(23)19-8-11-5-3-4-6-12(11)18/h3-6,10H,2,7-9H2,1H3,(H,19,23). The average Bonchev–Trinajstić information content (AvgIpc) is 3.11. The molecule has 0 fully saturated rings. The van der Waals surface area contributed by atoms with Crippen molar-refractivity contribution in [1.29, 1.82) is 0 Å². The number of carbonyl (C=O) groups excluding carboxylic acids is 1. The zero-order valence-corrected chi connectivity index (χ0v) is 15.6. The molecule has 136 valence electrons. The minimum atomic E-state index is -0.502. The molecule has 2 heterocycles. The van der Waals surface area contributed by atoms with Crippen LogP contribution < -0.4 is 16.6 Å². The van der Waals surface area contributed by atoms with Gasteiger partial charge in [0.1, 0.15) is 6.54 Å². The van der Waals surface area contributed by atoms with E-state index in [0.29, 0.717) is 17.0 Å². The zero-order chi connectivity index (χ0) is 18.7. The van der Waals surface area contributed by atoms with Gasteiger partial charge in [-0.25, -0.2) is 4.79 Å². The first kappa shape index (κ1) is 18.3. The summed E-state index contributed by atoms with van der Waals surface area (Å²) in [5.74, 6) is -0.346. The van der Waals surface area contributed by atoms with Crippen LogP contribution in [-0.4, -0.2) is 19.4 Å². The molecule has 0 aliphatic carbocycles. The highest BCUT2D eigenvalue weighted by atomic mass is 35.5. The third kappa shape index (κ3) is 3.56. The summed E-state index contributed by atoms with van der Waals surface area (Å²) in [6.45, 7) is 2.22. The van der Waals surface area contributed by atoms with Crippen molar-refractivity contribution in [3.63, 3.8) is 0 Å². The monoisotopic (exact) mass is 392 g/mol. The molecule has 9 heteroatoms. The topological polar surface area (TPSA) is 86.0 Å². The molecule has 3 aromatic rings. The van der Waals surface area contributed by atoms with Crippen LogP contribution in [0.25, 0.3) is 11.0 Å². The first-order valence-corrected chi connectivity index (χ1v) is 9.32. The fraction of sp³-hybridized carbons (Fsp3) is 0.294. The third-order valence-electron chi connectivity index (χ3n) is 3.93. The van der Waals surface area contributed by atoms with Crippen molar-refractivity contribution >= 4 is 40.1 Å². The smallest absolute Gasteiger partial charge is 0.332 e. The number of nitrogens with zero attached hydrogens (tertiary/aromatic N) is 3. The quantitative estimate of drug-likeness (QED) is 0.695. The number of fused-ring (bicyclic) bond motifs is 1. The Balaban J connectivity index is 1.87. The second-order valence-corrected chi connectivity index (χ2v) is 6.78. The van der Waals surface area contributed by atoms with Crippen LogP contribution >= 0.6 is 23.1 Å². The number of nitrogens with one attached hydrogen (secondary N) is 1. The predicted molar refractivity (Wildman–Crippen MR) is 102 cm³/mol. The number of halogens is 1. The average molecular weight is 393 g/mol. The van der Waals surface area contributed by atoms with Crippen LogP contribution in [0.2, 0.25) is 5.02 Å². The van der Waals surface area contributed by atoms with Crippen LogP contribution in [0.15, 0.2) is 39.2 Å². The Morgan fingerprint density at radius 3 is 2.77 bits per heavy atom. The zero-order valence-electron chi connectivity index (χ0n) is 14.1. The summed E-state index contributed by atoms with van der Waals surface area (Å²) in [7, 11) is 0. The van der Waals surface area contributed by atoms with Crippen molar-refractivity contribution in [2.75, 3.05) is 0 Å². The Bertz CT molecular complexity index is 1070. The maximum Gasteiger partial charge on any atom is 0.332 e.